The molecule has 0 unspecified atom stereocenters. The Morgan fingerprint density at radius 3 is 2.50 bits per heavy atom. The number of fused-ring (bicyclic) bond motifs is 1. The molecule has 1 fully saturated rings. The first kappa shape index (κ1) is 20.8. The lowest BCUT2D eigenvalue weighted by Gasteiger charge is -2.21. The summed E-state index contributed by atoms with van der Waals surface area (Å²) in [6.45, 7) is 8.43. The molecular weight excluding hydrogens is 378 g/mol. The predicted molar refractivity (Wildman–Crippen MR) is 108 cm³/mol. The van der Waals surface area contributed by atoms with Crippen LogP contribution in [0.2, 0.25) is 0 Å². The van der Waals surface area contributed by atoms with Crippen LogP contribution in [0.5, 0.6) is 0 Å². The van der Waals surface area contributed by atoms with Gasteiger partial charge in [0.1, 0.15) is 6.54 Å². The fraction of sp³-hybridized carbons (Fsp3) is 0.600. The van der Waals surface area contributed by atoms with Crippen molar-refractivity contribution in [2.75, 3.05) is 24.5 Å². The molecule has 1 atom stereocenters. The van der Waals surface area contributed by atoms with E-state index in [9.17, 15) is 18.0 Å². The third-order valence-electron chi connectivity index (χ3n) is 5.74. The Labute approximate surface area is 167 Å². The van der Waals surface area contributed by atoms with Gasteiger partial charge in [0.25, 0.3) is 0 Å². The fourth-order valence-corrected chi connectivity index (χ4v) is 5.32. The molecule has 0 spiro atoms. The summed E-state index contributed by atoms with van der Waals surface area (Å²) in [6, 6.07) is 4.83. The number of hydrogen-bond donors (Lipinski definition) is 1. The van der Waals surface area contributed by atoms with E-state index in [4.69, 9.17) is 0 Å². The van der Waals surface area contributed by atoms with E-state index in [0.29, 0.717) is 24.3 Å². The summed E-state index contributed by atoms with van der Waals surface area (Å²) in [7, 11) is -3.56. The maximum atomic E-state index is 13.0. The Kier molecular flexibility index (Phi) is 5.55. The predicted octanol–water partition coefficient (Wildman–Crippen LogP) is 2.01. The summed E-state index contributed by atoms with van der Waals surface area (Å²) in [6.07, 6.45) is 2.54. The molecule has 0 aliphatic carbocycles. The Morgan fingerprint density at radius 2 is 1.89 bits per heavy atom. The van der Waals surface area contributed by atoms with Gasteiger partial charge in [-0.25, -0.2) is 8.42 Å². The highest BCUT2D eigenvalue weighted by Gasteiger charge is 2.45. The molecule has 0 saturated carbocycles. The Bertz CT molecular complexity index is 889. The van der Waals surface area contributed by atoms with Crippen LogP contribution in [0.1, 0.15) is 52.5 Å². The second kappa shape index (κ2) is 7.48. The first-order chi connectivity index (χ1) is 13.1. The molecule has 154 valence electrons. The van der Waals surface area contributed by atoms with Gasteiger partial charge in [0.15, 0.2) is 0 Å². The van der Waals surface area contributed by atoms with Gasteiger partial charge >= 0.3 is 0 Å². The van der Waals surface area contributed by atoms with Crippen LogP contribution in [0.3, 0.4) is 0 Å². The van der Waals surface area contributed by atoms with Crippen LogP contribution in [-0.2, 0) is 25.0 Å². The highest BCUT2D eigenvalue weighted by molar-refractivity contribution is 7.89. The molecule has 0 aromatic heterocycles. The number of nitrogens with zero attached hydrogens (tertiary/aromatic N) is 2. The molecule has 7 nitrogen and oxygen atoms in total. The quantitative estimate of drug-likeness (QED) is 0.782. The van der Waals surface area contributed by atoms with Gasteiger partial charge in [-0.2, -0.15) is 4.31 Å². The molecule has 2 aliphatic heterocycles. The standard InChI is InChI=1S/C20H29N3O4S/c1-5-14(2)21-18(24)13-23-17-9-8-15(12-16(17)20(3,4)19(23)25)28(26,27)22-10-6-7-11-22/h8-9,12,14H,5-7,10-11,13H2,1-4H3,(H,21,24)/t14-/m0/s1. The Morgan fingerprint density at radius 1 is 1.25 bits per heavy atom. The Hall–Kier alpha value is -1.93. The van der Waals surface area contributed by atoms with Gasteiger partial charge in [-0.05, 0) is 63.8 Å². The third kappa shape index (κ3) is 3.55. The summed E-state index contributed by atoms with van der Waals surface area (Å²) >= 11 is 0. The number of benzene rings is 1. The van der Waals surface area contributed by atoms with E-state index in [2.05, 4.69) is 5.32 Å². The van der Waals surface area contributed by atoms with Crippen molar-refractivity contribution in [3.05, 3.63) is 23.8 Å². The smallest absolute Gasteiger partial charge is 0.243 e. The van der Waals surface area contributed by atoms with E-state index >= 15 is 0 Å². The van der Waals surface area contributed by atoms with Crippen LogP contribution in [-0.4, -0.2) is 50.2 Å². The van der Waals surface area contributed by atoms with Crippen molar-refractivity contribution in [3.8, 4) is 0 Å². The van der Waals surface area contributed by atoms with Crippen LogP contribution in [0.4, 0.5) is 5.69 Å². The van der Waals surface area contributed by atoms with E-state index in [1.54, 1.807) is 32.0 Å². The molecule has 28 heavy (non-hydrogen) atoms. The third-order valence-corrected chi connectivity index (χ3v) is 7.63. The van der Waals surface area contributed by atoms with Crippen LogP contribution in [0.25, 0.3) is 0 Å². The topological polar surface area (TPSA) is 86.8 Å². The van der Waals surface area contributed by atoms with Gasteiger partial charge in [0.2, 0.25) is 21.8 Å². The van der Waals surface area contributed by atoms with E-state index < -0.39 is 15.4 Å². The maximum Gasteiger partial charge on any atom is 0.243 e. The zero-order valence-electron chi connectivity index (χ0n) is 17.0. The maximum absolute atomic E-state index is 13.0. The molecule has 0 bridgehead atoms. The molecular formula is C20H29N3O4S. The van der Waals surface area contributed by atoms with Gasteiger partial charge in [0.05, 0.1) is 10.3 Å². The fourth-order valence-electron chi connectivity index (χ4n) is 3.77. The summed E-state index contributed by atoms with van der Waals surface area (Å²) in [5, 5.41) is 2.87. The molecule has 2 amide bonds. The largest absolute Gasteiger partial charge is 0.352 e. The van der Waals surface area contributed by atoms with E-state index in [1.165, 1.54) is 9.21 Å². The molecule has 1 aromatic carbocycles. The number of nitrogens with one attached hydrogen (secondary N) is 1. The van der Waals surface area contributed by atoms with Gasteiger partial charge in [-0.1, -0.05) is 6.92 Å². The van der Waals surface area contributed by atoms with Crippen molar-refractivity contribution in [3.63, 3.8) is 0 Å². The second-order valence-electron chi connectivity index (χ2n) is 8.18. The number of carbonyl (C=O) groups is 2. The van der Waals surface area contributed by atoms with E-state index in [-0.39, 0.29) is 29.3 Å². The monoisotopic (exact) mass is 407 g/mol. The molecule has 1 aromatic rings. The lowest BCUT2D eigenvalue weighted by Crippen LogP contribution is -2.44. The van der Waals surface area contributed by atoms with Crippen LogP contribution < -0.4 is 10.2 Å². The van der Waals surface area contributed by atoms with Gasteiger partial charge < -0.3 is 10.2 Å². The zero-order valence-corrected chi connectivity index (χ0v) is 17.8. The number of anilines is 1. The molecule has 1 N–H and O–H groups in total. The highest BCUT2D eigenvalue weighted by atomic mass is 32.2. The molecule has 1 saturated heterocycles. The first-order valence-electron chi connectivity index (χ1n) is 9.85. The molecule has 0 radical (unpaired) electrons. The minimum absolute atomic E-state index is 0.0330. The van der Waals surface area contributed by atoms with Crippen molar-refractivity contribution < 1.29 is 18.0 Å². The summed E-state index contributed by atoms with van der Waals surface area (Å²) in [5.74, 6) is -0.419. The number of amides is 2. The molecule has 3 rings (SSSR count). The van der Waals surface area contributed by atoms with Crippen molar-refractivity contribution >= 4 is 27.5 Å². The van der Waals surface area contributed by atoms with Crippen LogP contribution in [0, 0.1) is 0 Å². The molecule has 2 aliphatic rings. The minimum atomic E-state index is -3.56. The summed E-state index contributed by atoms with van der Waals surface area (Å²) in [4.78, 5) is 27.0. The van der Waals surface area contributed by atoms with Crippen molar-refractivity contribution in [1.29, 1.82) is 0 Å². The highest BCUT2D eigenvalue weighted by Crippen LogP contribution is 2.42. The second-order valence-corrected chi connectivity index (χ2v) is 10.1. The lowest BCUT2D eigenvalue weighted by molar-refractivity contribution is -0.125. The van der Waals surface area contributed by atoms with E-state index in [1.807, 2.05) is 13.8 Å². The minimum Gasteiger partial charge on any atom is -0.352 e. The number of hydrogen-bond acceptors (Lipinski definition) is 4. The van der Waals surface area contributed by atoms with Crippen LogP contribution >= 0.6 is 0 Å². The van der Waals surface area contributed by atoms with Crippen molar-refractivity contribution in [1.82, 2.24) is 9.62 Å². The summed E-state index contributed by atoms with van der Waals surface area (Å²) in [5.41, 5.74) is 0.367. The van der Waals surface area contributed by atoms with Crippen molar-refractivity contribution in [2.24, 2.45) is 0 Å². The summed E-state index contributed by atoms with van der Waals surface area (Å²) < 4.78 is 27.3. The normalized spacial score (nSPS) is 20.3. The zero-order chi connectivity index (χ0) is 20.7. The van der Waals surface area contributed by atoms with Crippen molar-refractivity contribution in [2.45, 2.75) is 63.3 Å². The first-order valence-corrected chi connectivity index (χ1v) is 11.3. The average molecular weight is 408 g/mol. The van der Waals surface area contributed by atoms with Crippen LogP contribution in [0.15, 0.2) is 23.1 Å². The molecule has 2 heterocycles. The average Bonchev–Trinajstić information content (AvgIpc) is 3.25. The molecule has 8 heteroatoms. The number of carbonyl (C=O) groups excluding carboxylic acids is 2. The Balaban J connectivity index is 1.93. The van der Waals surface area contributed by atoms with E-state index in [0.717, 1.165) is 19.3 Å². The lowest BCUT2D eigenvalue weighted by atomic mass is 9.86. The number of rotatable bonds is 6. The van der Waals surface area contributed by atoms with Gasteiger partial charge in [-0.15, -0.1) is 0 Å². The van der Waals surface area contributed by atoms with Gasteiger partial charge in [0, 0.05) is 24.8 Å². The SMILES string of the molecule is CC[C@H](C)NC(=O)CN1C(=O)C(C)(C)c2cc(S(=O)(=O)N3CCCC3)ccc21. The van der Waals surface area contributed by atoms with Gasteiger partial charge in [-0.3, -0.25) is 9.59 Å². The number of sulfonamides is 1.